The van der Waals surface area contributed by atoms with Crippen LogP contribution in [-0.4, -0.2) is 45.4 Å². The van der Waals surface area contributed by atoms with Crippen LogP contribution in [0.3, 0.4) is 0 Å². The number of benzene rings is 2. The summed E-state index contributed by atoms with van der Waals surface area (Å²) >= 11 is 0. The summed E-state index contributed by atoms with van der Waals surface area (Å²) in [6.45, 7) is 6.39. The summed E-state index contributed by atoms with van der Waals surface area (Å²) < 4.78 is 17.0. The summed E-state index contributed by atoms with van der Waals surface area (Å²) in [5.74, 6) is 0.780. The highest BCUT2D eigenvalue weighted by Gasteiger charge is 2.54. The summed E-state index contributed by atoms with van der Waals surface area (Å²) in [6.07, 6.45) is -0.637. The van der Waals surface area contributed by atoms with E-state index in [1.807, 2.05) is 24.3 Å². The fourth-order valence-corrected chi connectivity index (χ4v) is 6.84. The molecule has 0 saturated carbocycles. The van der Waals surface area contributed by atoms with E-state index >= 15 is 0 Å². The van der Waals surface area contributed by atoms with E-state index in [-0.39, 0.29) is 11.8 Å². The molecule has 0 N–H and O–H groups in total. The Bertz CT molecular complexity index is 900. The Morgan fingerprint density at radius 3 is 1.81 bits per heavy atom. The zero-order chi connectivity index (χ0) is 22.6. The van der Waals surface area contributed by atoms with Crippen molar-refractivity contribution in [3.63, 3.8) is 0 Å². The van der Waals surface area contributed by atoms with Crippen LogP contribution in [0.2, 0.25) is 18.1 Å². The molecule has 2 atom stereocenters. The van der Waals surface area contributed by atoms with Crippen LogP contribution < -0.4 is 9.47 Å². The average Bonchev–Trinajstić information content (AvgIpc) is 2.83. The third-order valence-corrected chi connectivity index (χ3v) is 11.0. The molecule has 1 heterocycles. The zero-order valence-corrected chi connectivity index (χ0v) is 19.9. The predicted octanol–water partition coefficient (Wildman–Crippen LogP) is 4.82. The number of amides is 2. The van der Waals surface area contributed by atoms with Gasteiger partial charge >= 0.3 is 0 Å². The van der Waals surface area contributed by atoms with Crippen molar-refractivity contribution in [3.05, 3.63) is 59.7 Å². The van der Waals surface area contributed by atoms with Crippen molar-refractivity contribution < 1.29 is 23.5 Å². The first-order valence-corrected chi connectivity index (χ1v) is 13.3. The van der Waals surface area contributed by atoms with Crippen LogP contribution in [0.15, 0.2) is 48.5 Å². The number of rotatable bonds is 9. The molecule has 7 heteroatoms. The molecule has 1 fully saturated rings. The van der Waals surface area contributed by atoms with E-state index in [4.69, 9.17) is 13.9 Å². The second-order valence-electron chi connectivity index (χ2n) is 7.74. The van der Waals surface area contributed by atoms with Gasteiger partial charge in [0.05, 0.1) is 20.3 Å². The number of nitrogens with zero attached hydrogens (tertiary/aromatic N) is 1. The lowest BCUT2D eigenvalue weighted by molar-refractivity contribution is -0.158. The van der Waals surface area contributed by atoms with Crippen LogP contribution in [0.4, 0.5) is 0 Å². The molecule has 1 aliphatic heterocycles. The highest BCUT2D eigenvalue weighted by atomic mass is 28.4. The number of hydrogen-bond acceptors (Lipinski definition) is 5. The smallest absolute Gasteiger partial charge is 0.261 e. The molecular formula is C24H31NO5Si. The highest BCUT2D eigenvalue weighted by Crippen LogP contribution is 2.41. The standard InChI is InChI=1S/C24H31NO5Si/c1-6-31(7-2,8-3)30-22-21(17-9-13-19(28-4)14-10-17)25(24(22)27)23(26)18-11-15-20(29-5)16-12-18/h9-16,21-22H,6-8H2,1-5H3/t21-,22+/m1/s1. The van der Waals surface area contributed by atoms with Gasteiger partial charge in [0.15, 0.2) is 14.4 Å². The Morgan fingerprint density at radius 1 is 0.871 bits per heavy atom. The molecule has 0 aliphatic carbocycles. The number of ether oxygens (including phenoxy) is 2. The second-order valence-corrected chi connectivity index (χ2v) is 12.5. The molecule has 0 unspecified atom stereocenters. The summed E-state index contributed by atoms with van der Waals surface area (Å²) in [6, 6.07) is 16.6. The van der Waals surface area contributed by atoms with Crippen LogP contribution in [0, 0.1) is 0 Å². The normalized spacial score (nSPS) is 18.5. The van der Waals surface area contributed by atoms with Crippen LogP contribution >= 0.6 is 0 Å². The zero-order valence-electron chi connectivity index (χ0n) is 18.9. The minimum atomic E-state index is -2.04. The monoisotopic (exact) mass is 441 g/mol. The number of β-lactam (4-membered cyclic amide) rings is 1. The van der Waals surface area contributed by atoms with Crippen LogP contribution in [0.5, 0.6) is 11.5 Å². The summed E-state index contributed by atoms with van der Waals surface area (Å²) in [5, 5.41) is 0. The Kier molecular flexibility index (Phi) is 7.18. The minimum Gasteiger partial charge on any atom is -0.497 e. The number of imide groups is 1. The third-order valence-electron chi connectivity index (χ3n) is 6.37. The fourth-order valence-electron chi connectivity index (χ4n) is 4.07. The fraction of sp³-hybridized carbons (Fsp3) is 0.417. The molecule has 0 aromatic heterocycles. The van der Waals surface area contributed by atoms with Gasteiger partial charge in [-0.05, 0) is 60.1 Å². The lowest BCUT2D eigenvalue weighted by Gasteiger charge is -2.48. The molecule has 6 nitrogen and oxygen atoms in total. The van der Waals surface area contributed by atoms with Crippen LogP contribution in [0.25, 0.3) is 0 Å². The topological polar surface area (TPSA) is 65.1 Å². The molecule has 166 valence electrons. The predicted molar refractivity (Wildman–Crippen MR) is 122 cm³/mol. The van der Waals surface area contributed by atoms with Crippen molar-refractivity contribution in [1.82, 2.24) is 4.90 Å². The molecule has 2 amide bonds. The van der Waals surface area contributed by atoms with Gasteiger partial charge < -0.3 is 13.9 Å². The van der Waals surface area contributed by atoms with E-state index in [0.29, 0.717) is 11.3 Å². The van der Waals surface area contributed by atoms with Gasteiger partial charge in [-0.15, -0.1) is 0 Å². The van der Waals surface area contributed by atoms with E-state index in [1.54, 1.807) is 38.5 Å². The van der Waals surface area contributed by atoms with E-state index in [2.05, 4.69) is 20.8 Å². The molecule has 3 rings (SSSR count). The van der Waals surface area contributed by atoms with Crippen molar-refractivity contribution in [1.29, 1.82) is 0 Å². The lowest BCUT2D eigenvalue weighted by Crippen LogP contribution is -2.64. The van der Waals surface area contributed by atoms with Gasteiger partial charge in [0.2, 0.25) is 0 Å². The number of hydrogen-bond donors (Lipinski definition) is 0. The van der Waals surface area contributed by atoms with E-state index in [1.165, 1.54) is 4.90 Å². The van der Waals surface area contributed by atoms with Gasteiger partial charge in [0.1, 0.15) is 11.5 Å². The molecule has 31 heavy (non-hydrogen) atoms. The molecular weight excluding hydrogens is 410 g/mol. The van der Waals surface area contributed by atoms with Gasteiger partial charge in [-0.2, -0.15) is 0 Å². The SMILES string of the molecule is CC[Si](CC)(CC)O[C@@H]1C(=O)N(C(=O)c2ccc(OC)cc2)[C@@H]1c1ccc(OC)cc1. The van der Waals surface area contributed by atoms with Crippen molar-refractivity contribution in [2.24, 2.45) is 0 Å². The molecule has 1 aliphatic rings. The second kappa shape index (κ2) is 9.66. The summed E-state index contributed by atoms with van der Waals surface area (Å²) in [5.41, 5.74) is 1.30. The van der Waals surface area contributed by atoms with Crippen molar-refractivity contribution >= 4 is 20.1 Å². The van der Waals surface area contributed by atoms with Crippen LogP contribution in [-0.2, 0) is 9.22 Å². The van der Waals surface area contributed by atoms with Gasteiger partial charge in [-0.1, -0.05) is 32.9 Å². The Morgan fingerprint density at radius 2 is 1.35 bits per heavy atom. The largest absolute Gasteiger partial charge is 0.497 e. The van der Waals surface area contributed by atoms with Gasteiger partial charge in [-0.3, -0.25) is 14.5 Å². The minimum absolute atomic E-state index is 0.270. The summed E-state index contributed by atoms with van der Waals surface area (Å²) in [4.78, 5) is 27.8. The van der Waals surface area contributed by atoms with Gasteiger partial charge in [0.25, 0.3) is 11.8 Å². The maximum absolute atomic E-state index is 13.3. The third kappa shape index (κ3) is 4.38. The molecule has 2 aromatic rings. The maximum atomic E-state index is 13.3. The highest BCUT2D eigenvalue weighted by molar-refractivity contribution is 6.73. The van der Waals surface area contributed by atoms with Crippen molar-refractivity contribution in [2.45, 2.75) is 51.0 Å². The van der Waals surface area contributed by atoms with Crippen LogP contribution in [0.1, 0.15) is 42.7 Å². The first-order chi connectivity index (χ1) is 14.9. The number of carbonyl (C=O) groups is 2. The number of likely N-dealkylation sites (tertiary alicyclic amines) is 1. The van der Waals surface area contributed by atoms with E-state index in [0.717, 1.165) is 29.4 Å². The Balaban J connectivity index is 1.95. The maximum Gasteiger partial charge on any atom is 0.261 e. The molecule has 0 radical (unpaired) electrons. The van der Waals surface area contributed by atoms with E-state index in [9.17, 15) is 9.59 Å². The Labute approximate surface area is 185 Å². The molecule has 0 bridgehead atoms. The quantitative estimate of drug-likeness (QED) is 0.317. The lowest BCUT2D eigenvalue weighted by atomic mass is 9.90. The molecule has 1 saturated heterocycles. The van der Waals surface area contributed by atoms with Gasteiger partial charge in [0, 0.05) is 5.56 Å². The van der Waals surface area contributed by atoms with E-state index < -0.39 is 20.5 Å². The summed E-state index contributed by atoms with van der Waals surface area (Å²) in [7, 11) is 1.14. The average molecular weight is 442 g/mol. The molecule has 2 aromatic carbocycles. The molecule has 0 spiro atoms. The van der Waals surface area contributed by atoms with Crippen molar-refractivity contribution in [3.8, 4) is 11.5 Å². The first kappa shape index (κ1) is 23.0. The van der Waals surface area contributed by atoms with Crippen molar-refractivity contribution in [2.75, 3.05) is 14.2 Å². The van der Waals surface area contributed by atoms with Gasteiger partial charge in [-0.25, -0.2) is 0 Å². The first-order valence-electron chi connectivity index (χ1n) is 10.8. The number of methoxy groups -OCH3 is 2. The Hall–Kier alpha value is -2.64. The number of carbonyl (C=O) groups excluding carboxylic acids is 2.